The minimum atomic E-state index is -0.922. The molecule has 12 nitrogen and oxygen atoms in total. The average molecular weight is 503 g/mol. The molecule has 1 atom stereocenters. The second-order valence-electron chi connectivity index (χ2n) is 7.38. The number of carbonyl (C=O) groups excluding carboxylic acids is 3. The molecule has 13 heteroatoms. The number of ether oxygens (including phenoxy) is 2. The summed E-state index contributed by atoms with van der Waals surface area (Å²) in [6.07, 6.45) is -0.189. The molecule has 2 amide bonds. The molecule has 3 aromatic rings. The zero-order valence-electron chi connectivity index (χ0n) is 18.9. The van der Waals surface area contributed by atoms with Crippen LogP contribution in [0.3, 0.4) is 0 Å². The molecule has 1 aliphatic heterocycles. The Labute approximate surface area is 202 Å². The summed E-state index contributed by atoms with van der Waals surface area (Å²) in [7, 11) is 0. The van der Waals surface area contributed by atoms with E-state index in [1.54, 1.807) is 38.1 Å². The number of urea groups is 1. The molecule has 0 aliphatic carbocycles. The summed E-state index contributed by atoms with van der Waals surface area (Å²) in [5.74, 6) is -0.979. The standard InChI is InChI=1S/C22H22N4O8S/c1-3-31-20(28)17-13(23-21(29)24-18(17)14-7-6-12(2)33-14)11-32-16(27)8-9-26-22(30)34-19(25-26)15-5-4-10-35-15/h4-7,10,18H,3,8-9,11H2,1-2H3,(H2,23,24,29). The highest BCUT2D eigenvalue weighted by molar-refractivity contribution is 7.13. The van der Waals surface area contributed by atoms with Crippen LogP contribution in [-0.4, -0.2) is 41.0 Å². The lowest BCUT2D eigenvalue weighted by atomic mass is 10.0. The molecule has 4 rings (SSSR count). The maximum atomic E-state index is 12.7. The molecule has 4 heterocycles. The molecule has 0 saturated carbocycles. The number of furan rings is 1. The average Bonchev–Trinajstić information content (AvgIpc) is 3.57. The number of nitrogens with one attached hydrogen (secondary N) is 2. The topological polar surface area (TPSA) is 155 Å². The van der Waals surface area contributed by atoms with Gasteiger partial charge in [0.15, 0.2) is 0 Å². The number of esters is 2. The van der Waals surface area contributed by atoms with Crippen molar-refractivity contribution in [2.75, 3.05) is 13.2 Å². The third-order valence-corrected chi connectivity index (χ3v) is 5.80. The maximum Gasteiger partial charge on any atom is 0.437 e. The molecule has 1 aliphatic rings. The first kappa shape index (κ1) is 24.0. The van der Waals surface area contributed by atoms with Crippen molar-refractivity contribution in [1.82, 2.24) is 20.4 Å². The van der Waals surface area contributed by atoms with Crippen molar-refractivity contribution >= 4 is 29.3 Å². The summed E-state index contributed by atoms with van der Waals surface area (Å²) in [5, 5.41) is 11.0. The van der Waals surface area contributed by atoms with Gasteiger partial charge in [0.05, 0.1) is 35.7 Å². The van der Waals surface area contributed by atoms with Crippen molar-refractivity contribution in [2.24, 2.45) is 0 Å². The predicted octanol–water partition coefficient (Wildman–Crippen LogP) is 2.27. The summed E-state index contributed by atoms with van der Waals surface area (Å²) in [6.45, 7) is 3.01. The van der Waals surface area contributed by atoms with Crippen molar-refractivity contribution in [2.45, 2.75) is 32.9 Å². The van der Waals surface area contributed by atoms with Crippen molar-refractivity contribution in [3.05, 3.63) is 63.0 Å². The van der Waals surface area contributed by atoms with E-state index in [0.717, 1.165) is 4.68 Å². The molecule has 0 saturated heterocycles. The maximum absolute atomic E-state index is 12.7. The molecule has 0 aromatic carbocycles. The zero-order chi connectivity index (χ0) is 24.9. The molecule has 0 fully saturated rings. The Morgan fingerprint density at radius 1 is 1.20 bits per heavy atom. The minimum absolute atomic E-state index is 0.0573. The van der Waals surface area contributed by atoms with E-state index in [0.29, 0.717) is 16.4 Å². The zero-order valence-corrected chi connectivity index (χ0v) is 19.7. The fourth-order valence-corrected chi connectivity index (χ4v) is 4.02. The molecule has 3 aromatic heterocycles. The van der Waals surface area contributed by atoms with Crippen LogP contribution in [0, 0.1) is 6.92 Å². The number of nitrogens with zero attached hydrogens (tertiary/aromatic N) is 2. The monoisotopic (exact) mass is 502 g/mol. The van der Waals surface area contributed by atoms with Crippen molar-refractivity contribution in [1.29, 1.82) is 0 Å². The van der Waals surface area contributed by atoms with Gasteiger partial charge in [-0.1, -0.05) is 6.07 Å². The van der Waals surface area contributed by atoms with Gasteiger partial charge in [0.25, 0.3) is 5.89 Å². The summed E-state index contributed by atoms with van der Waals surface area (Å²) in [4.78, 5) is 50.0. The Morgan fingerprint density at radius 3 is 2.71 bits per heavy atom. The van der Waals surface area contributed by atoms with Gasteiger partial charge in [0.2, 0.25) is 0 Å². The molecular weight excluding hydrogens is 480 g/mol. The Hall–Kier alpha value is -4.13. The van der Waals surface area contributed by atoms with Gasteiger partial charge < -0.3 is 28.9 Å². The third-order valence-electron chi connectivity index (χ3n) is 4.94. The quantitative estimate of drug-likeness (QED) is 0.419. The summed E-state index contributed by atoms with van der Waals surface area (Å²) in [5.41, 5.74) is 0.125. The Morgan fingerprint density at radius 2 is 2.03 bits per heavy atom. The third kappa shape index (κ3) is 5.51. The van der Waals surface area contributed by atoms with Gasteiger partial charge in [-0.05, 0) is 37.4 Å². The number of thiophene rings is 1. The van der Waals surface area contributed by atoms with Crippen LogP contribution >= 0.6 is 11.3 Å². The number of aryl methyl sites for hydroxylation is 2. The summed E-state index contributed by atoms with van der Waals surface area (Å²) < 4.78 is 22.1. The number of aromatic nitrogens is 2. The van der Waals surface area contributed by atoms with E-state index >= 15 is 0 Å². The number of carbonyl (C=O) groups is 3. The lowest BCUT2D eigenvalue weighted by Gasteiger charge is -2.27. The van der Waals surface area contributed by atoms with Crippen LogP contribution in [0.4, 0.5) is 4.79 Å². The van der Waals surface area contributed by atoms with Gasteiger partial charge in [-0.3, -0.25) is 4.79 Å². The lowest BCUT2D eigenvalue weighted by Crippen LogP contribution is -2.47. The molecule has 2 N–H and O–H groups in total. The van der Waals surface area contributed by atoms with Gasteiger partial charge in [-0.15, -0.1) is 16.4 Å². The van der Waals surface area contributed by atoms with E-state index in [2.05, 4.69) is 15.7 Å². The van der Waals surface area contributed by atoms with E-state index in [4.69, 9.17) is 18.3 Å². The SMILES string of the molecule is CCOC(=O)C1=C(COC(=O)CCn2nc(-c3cccs3)oc2=O)NC(=O)NC1c1ccc(C)o1. The first-order valence-electron chi connectivity index (χ1n) is 10.7. The summed E-state index contributed by atoms with van der Waals surface area (Å²) >= 11 is 1.36. The number of amides is 2. The molecule has 0 spiro atoms. The number of hydrogen-bond donors (Lipinski definition) is 2. The molecule has 0 bridgehead atoms. The van der Waals surface area contributed by atoms with Crippen LogP contribution in [0.15, 0.2) is 54.5 Å². The van der Waals surface area contributed by atoms with E-state index in [1.807, 2.05) is 5.38 Å². The largest absolute Gasteiger partial charge is 0.464 e. The van der Waals surface area contributed by atoms with E-state index in [9.17, 15) is 19.2 Å². The first-order valence-corrected chi connectivity index (χ1v) is 11.5. The van der Waals surface area contributed by atoms with Crippen LogP contribution in [0.2, 0.25) is 0 Å². The van der Waals surface area contributed by atoms with Crippen LogP contribution in [0.1, 0.15) is 30.9 Å². The highest BCUT2D eigenvalue weighted by Gasteiger charge is 2.36. The van der Waals surface area contributed by atoms with E-state index < -0.39 is 36.4 Å². The smallest absolute Gasteiger partial charge is 0.437 e. The van der Waals surface area contributed by atoms with Gasteiger partial charge in [0.1, 0.15) is 24.2 Å². The van der Waals surface area contributed by atoms with Gasteiger partial charge in [0, 0.05) is 0 Å². The number of hydrogen-bond acceptors (Lipinski definition) is 10. The highest BCUT2D eigenvalue weighted by atomic mass is 32.1. The van der Waals surface area contributed by atoms with Crippen LogP contribution in [-0.2, 0) is 25.6 Å². The lowest BCUT2D eigenvalue weighted by molar-refractivity contribution is -0.144. The van der Waals surface area contributed by atoms with Gasteiger partial charge >= 0.3 is 23.7 Å². The van der Waals surface area contributed by atoms with Crippen molar-refractivity contribution in [3.8, 4) is 10.8 Å². The second kappa shape index (κ2) is 10.4. The Kier molecular flexibility index (Phi) is 7.15. The van der Waals surface area contributed by atoms with Crippen LogP contribution < -0.4 is 16.4 Å². The predicted molar refractivity (Wildman–Crippen MR) is 121 cm³/mol. The Balaban J connectivity index is 1.46. The van der Waals surface area contributed by atoms with Gasteiger partial charge in [-0.2, -0.15) is 4.68 Å². The minimum Gasteiger partial charge on any atom is -0.464 e. The normalized spacial score (nSPS) is 15.5. The highest BCUT2D eigenvalue weighted by Crippen LogP contribution is 2.29. The van der Waals surface area contributed by atoms with Gasteiger partial charge in [-0.25, -0.2) is 14.4 Å². The second-order valence-corrected chi connectivity index (χ2v) is 8.32. The van der Waals surface area contributed by atoms with E-state index in [1.165, 1.54) is 11.3 Å². The molecular formula is C22H22N4O8S. The fraction of sp³-hybridized carbons (Fsp3) is 0.318. The summed E-state index contributed by atoms with van der Waals surface area (Å²) in [6, 6.07) is 5.37. The molecule has 35 heavy (non-hydrogen) atoms. The van der Waals surface area contributed by atoms with Crippen LogP contribution in [0.25, 0.3) is 10.8 Å². The molecule has 0 radical (unpaired) electrons. The number of rotatable bonds is 9. The van der Waals surface area contributed by atoms with Crippen molar-refractivity contribution in [3.63, 3.8) is 0 Å². The van der Waals surface area contributed by atoms with E-state index in [-0.39, 0.29) is 36.7 Å². The molecule has 1 unspecified atom stereocenters. The molecule has 184 valence electrons. The first-order chi connectivity index (χ1) is 16.9. The Bertz CT molecular complexity index is 1320. The van der Waals surface area contributed by atoms with Crippen molar-refractivity contribution < 1.29 is 32.7 Å². The fourth-order valence-electron chi connectivity index (χ4n) is 3.37. The van der Waals surface area contributed by atoms with Crippen LogP contribution in [0.5, 0.6) is 0 Å².